The molecule has 0 aromatic carbocycles. The standard InChI is InChI=1S/C10H10N2O/c11-10(2-3-10)8-6-13-9-1-4-12-5-7(8)9/h1,4-6H,2-3,11H2. The molecule has 2 aromatic heterocycles. The molecule has 0 aliphatic heterocycles. The lowest BCUT2D eigenvalue weighted by molar-refractivity contribution is 0.598. The average molecular weight is 174 g/mol. The number of hydrogen-bond donors (Lipinski definition) is 1. The minimum absolute atomic E-state index is 0.131. The zero-order valence-corrected chi connectivity index (χ0v) is 7.16. The molecule has 3 heteroatoms. The van der Waals surface area contributed by atoms with Gasteiger partial charge in [-0.2, -0.15) is 0 Å². The summed E-state index contributed by atoms with van der Waals surface area (Å²) >= 11 is 0. The molecule has 0 spiro atoms. The van der Waals surface area contributed by atoms with Gasteiger partial charge in [-0.15, -0.1) is 0 Å². The van der Waals surface area contributed by atoms with Crippen LogP contribution in [0.15, 0.2) is 29.1 Å². The van der Waals surface area contributed by atoms with Crippen molar-refractivity contribution >= 4 is 11.0 Å². The lowest BCUT2D eigenvalue weighted by Crippen LogP contribution is -2.17. The smallest absolute Gasteiger partial charge is 0.137 e. The Balaban J connectivity index is 2.30. The molecule has 0 unspecified atom stereocenters. The molecule has 1 aliphatic rings. The molecule has 66 valence electrons. The maximum Gasteiger partial charge on any atom is 0.137 e. The first-order valence-corrected chi connectivity index (χ1v) is 4.40. The van der Waals surface area contributed by atoms with E-state index in [2.05, 4.69) is 4.98 Å². The summed E-state index contributed by atoms with van der Waals surface area (Å²) in [5, 5.41) is 1.06. The maximum absolute atomic E-state index is 6.09. The van der Waals surface area contributed by atoms with Crippen LogP contribution in [0.5, 0.6) is 0 Å². The molecular weight excluding hydrogens is 164 g/mol. The van der Waals surface area contributed by atoms with E-state index in [4.69, 9.17) is 10.2 Å². The van der Waals surface area contributed by atoms with Crippen LogP contribution in [0.3, 0.4) is 0 Å². The summed E-state index contributed by atoms with van der Waals surface area (Å²) in [6.45, 7) is 0. The summed E-state index contributed by atoms with van der Waals surface area (Å²) in [5.41, 5.74) is 7.94. The molecule has 13 heavy (non-hydrogen) atoms. The fourth-order valence-electron chi connectivity index (χ4n) is 1.66. The van der Waals surface area contributed by atoms with Crippen LogP contribution >= 0.6 is 0 Å². The van der Waals surface area contributed by atoms with E-state index in [1.807, 2.05) is 12.3 Å². The molecule has 2 N–H and O–H groups in total. The minimum Gasteiger partial charge on any atom is -0.464 e. The van der Waals surface area contributed by atoms with Gasteiger partial charge >= 0.3 is 0 Å². The second kappa shape index (κ2) is 2.12. The lowest BCUT2D eigenvalue weighted by Gasteiger charge is -2.03. The number of nitrogens with two attached hydrogens (primary N) is 1. The Kier molecular flexibility index (Phi) is 1.15. The van der Waals surface area contributed by atoms with Crippen molar-refractivity contribution in [2.45, 2.75) is 18.4 Å². The Labute approximate surface area is 75.6 Å². The second-order valence-electron chi connectivity index (χ2n) is 3.68. The number of fused-ring (bicyclic) bond motifs is 1. The van der Waals surface area contributed by atoms with Gasteiger partial charge in [-0.25, -0.2) is 0 Å². The maximum atomic E-state index is 6.09. The summed E-state index contributed by atoms with van der Waals surface area (Å²) in [7, 11) is 0. The largest absolute Gasteiger partial charge is 0.464 e. The SMILES string of the molecule is NC1(c2coc3ccncc23)CC1. The van der Waals surface area contributed by atoms with Gasteiger partial charge < -0.3 is 10.2 Å². The summed E-state index contributed by atoms with van der Waals surface area (Å²) < 4.78 is 5.40. The molecular formula is C10H10N2O. The zero-order valence-electron chi connectivity index (χ0n) is 7.16. The molecule has 2 heterocycles. The number of nitrogens with zero attached hydrogens (tertiary/aromatic N) is 1. The highest BCUT2D eigenvalue weighted by Gasteiger charge is 2.42. The van der Waals surface area contributed by atoms with E-state index in [0.29, 0.717) is 0 Å². The second-order valence-corrected chi connectivity index (χ2v) is 3.68. The van der Waals surface area contributed by atoms with Crippen LogP contribution < -0.4 is 5.73 Å². The number of rotatable bonds is 1. The van der Waals surface area contributed by atoms with Crippen LogP contribution in [-0.4, -0.2) is 4.98 Å². The highest BCUT2D eigenvalue weighted by Crippen LogP contribution is 2.45. The van der Waals surface area contributed by atoms with Crippen molar-refractivity contribution in [3.8, 4) is 0 Å². The van der Waals surface area contributed by atoms with Crippen molar-refractivity contribution in [2.75, 3.05) is 0 Å². The molecule has 0 amide bonds. The molecule has 3 rings (SSSR count). The quantitative estimate of drug-likeness (QED) is 0.716. The monoisotopic (exact) mass is 174 g/mol. The van der Waals surface area contributed by atoms with E-state index < -0.39 is 0 Å². The van der Waals surface area contributed by atoms with E-state index in [1.165, 1.54) is 0 Å². The molecule has 3 nitrogen and oxygen atoms in total. The topological polar surface area (TPSA) is 52.0 Å². The fourth-order valence-corrected chi connectivity index (χ4v) is 1.66. The highest BCUT2D eigenvalue weighted by molar-refractivity contribution is 5.81. The predicted molar refractivity (Wildman–Crippen MR) is 49.1 cm³/mol. The third-order valence-electron chi connectivity index (χ3n) is 2.70. The molecule has 2 aromatic rings. The number of pyridine rings is 1. The van der Waals surface area contributed by atoms with Crippen molar-refractivity contribution in [3.05, 3.63) is 30.3 Å². The molecule has 1 fully saturated rings. The van der Waals surface area contributed by atoms with Gasteiger partial charge in [0.1, 0.15) is 5.58 Å². The van der Waals surface area contributed by atoms with Crippen molar-refractivity contribution in [1.82, 2.24) is 4.98 Å². The predicted octanol–water partition coefficient (Wildman–Crippen LogP) is 1.78. The first-order valence-electron chi connectivity index (χ1n) is 4.40. The van der Waals surface area contributed by atoms with Gasteiger partial charge in [-0.05, 0) is 18.9 Å². The van der Waals surface area contributed by atoms with Crippen LogP contribution in [0.1, 0.15) is 18.4 Å². The Morgan fingerprint density at radius 2 is 2.31 bits per heavy atom. The van der Waals surface area contributed by atoms with Gasteiger partial charge in [-0.3, -0.25) is 4.98 Å². The van der Waals surface area contributed by atoms with Crippen LogP contribution in [0.4, 0.5) is 0 Å². The number of hydrogen-bond acceptors (Lipinski definition) is 3. The van der Waals surface area contributed by atoms with Crippen LogP contribution in [0.25, 0.3) is 11.0 Å². The zero-order chi connectivity index (χ0) is 8.89. The lowest BCUT2D eigenvalue weighted by atomic mass is 10.1. The van der Waals surface area contributed by atoms with E-state index in [-0.39, 0.29) is 5.54 Å². The number of furan rings is 1. The summed E-state index contributed by atoms with van der Waals surface area (Å²) in [4.78, 5) is 4.07. The normalized spacial score (nSPS) is 19.2. The number of aromatic nitrogens is 1. The van der Waals surface area contributed by atoms with Gasteiger partial charge in [0.2, 0.25) is 0 Å². The molecule has 0 bridgehead atoms. The minimum atomic E-state index is -0.131. The van der Waals surface area contributed by atoms with Crippen molar-refractivity contribution < 1.29 is 4.42 Å². The molecule has 0 radical (unpaired) electrons. The van der Waals surface area contributed by atoms with Gasteiger partial charge in [0, 0.05) is 28.9 Å². The third kappa shape index (κ3) is 0.906. The average Bonchev–Trinajstić information content (AvgIpc) is 2.76. The molecule has 1 saturated carbocycles. The van der Waals surface area contributed by atoms with Crippen molar-refractivity contribution in [3.63, 3.8) is 0 Å². The van der Waals surface area contributed by atoms with Gasteiger partial charge in [0.15, 0.2) is 0 Å². The van der Waals surface area contributed by atoms with Crippen LogP contribution in [0, 0.1) is 0 Å². The van der Waals surface area contributed by atoms with E-state index in [1.54, 1.807) is 12.5 Å². The molecule has 0 saturated heterocycles. The van der Waals surface area contributed by atoms with E-state index >= 15 is 0 Å². The van der Waals surface area contributed by atoms with Crippen molar-refractivity contribution in [1.29, 1.82) is 0 Å². The van der Waals surface area contributed by atoms with Gasteiger partial charge in [0.05, 0.1) is 6.26 Å². The van der Waals surface area contributed by atoms with Crippen molar-refractivity contribution in [2.24, 2.45) is 5.73 Å². The molecule has 0 atom stereocenters. The fraction of sp³-hybridized carbons (Fsp3) is 0.300. The first kappa shape index (κ1) is 7.09. The van der Waals surface area contributed by atoms with Gasteiger partial charge in [0.25, 0.3) is 0 Å². The Morgan fingerprint density at radius 3 is 3.08 bits per heavy atom. The summed E-state index contributed by atoms with van der Waals surface area (Å²) in [6.07, 6.45) is 7.42. The van der Waals surface area contributed by atoms with E-state index in [0.717, 1.165) is 29.4 Å². The Hall–Kier alpha value is -1.35. The molecule has 1 aliphatic carbocycles. The Morgan fingerprint density at radius 1 is 1.46 bits per heavy atom. The Bertz CT molecular complexity index is 457. The third-order valence-corrected chi connectivity index (χ3v) is 2.70. The summed E-state index contributed by atoms with van der Waals surface area (Å²) in [5.74, 6) is 0. The first-order chi connectivity index (χ1) is 6.30. The highest BCUT2D eigenvalue weighted by atomic mass is 16.3. The van der Waals surface area contributed by atoms with E-state index in [9.17, 15) is 0 Å². The van der Waals surface area contributed by atoms with Gasteiger partial charge in [-0.1, -0.05) is 0 Å². The van der Waals surface area contributed by atoms with Crippen LogP contribution in [-0.2, 0) is 5.54 Å². The summed E-state index contributed by atoms with van der Waals surface area (Å²) in [6, 6.07) is 1.87. The van der Waals surface area contributed by atoms with Crippen LogP contribution in [0.2, 0.25) is 0 Å².